The zero-order valence-electron chi connectivity index (χ0n) is 10.1. The summed E-state index contributed by atoms with van der Waals surface area (Å²) in [7, 11) is 0. The molecule has 1 fully saturated rings. The van der Waals surface area contributed by atoms with Crippen molar-refractivity contribution >= 4 is 0 Å². The molecule has 0 atom stereocenters. The molecule has 16 heavy (non-hydrogen) atoms. The SMILES string of the molecule is c1cnn(CCCNCC2CCCCC2)c1. The number of hydrogen-bond acceptors (Lipinski definition) is 2. The van der Waals surface area contributed by atoms with Crippen LogP contribution in [0.25, 0.3) is 0 Å². The second kappa shape index (κ2) is 6.69. The Labute approximate surface area is 98.2 Å². The van der Waals surface area contributed by atoms with Crippen LogP contribution in [0.1, 0.15) is 38.5 Å². The van der Waals surface area contributed by atoms with Crippen molar-refractivity contribution in [2.24, 2.45) is 5.92 Å². The largest absolute Gasteiger partial charge is 0.316 e. The zero-order valence-corrected chi connectivity index (χ0v) is 10.1. The lowest BCUT2D eigenvalue weighted by Crippen LogP contribution is -2.26. The van der Waals surface area contributed by atoms with E-state index < -0.39 is 0 Å². The lowest BCUT2D eigenvalue weighted by molar-refractivity contribution is 0.340. The number of hydrogen-bond donors (Lipinski definition) is 1. The fraction of sp³-hybridized carbons (Fsp3) is 0.769. The molecular weight excluding hydrogens is 198 g/mol. The number of aromatic nitrogens is 2. The van der Waals surface area contributed by atoms with Gasteiger partial charge in [0.05, 0.1) is 0 Å². The minimum absolute atomic E-state index is 0.943. The summed E-state index contributed by atoms with van der Waals surface area (Å²) < 4.78 is 2.00. The summed E-state index contributed by atoms with van der Waals surface area (Å²) in [5.41, 5.74) is 0. The molecule has 1 N–H and O–H groups in total. The van der Waals surface area contributed by atoms with Gasteiger partial charge in [0.2, 0.25) is 0 Å². The summed E-state index contributed by atoms with van der Waals surface area (Å²) >= 11 is 0. The summed E-state index contributed by atoms with van der Waals surface area (Å²) in [6.45, 7) is 3.38. The van der Waals surface area contributed by atoms with Crippen molar-refractivity contribution in [1.82, 2.24) is 15.1 Å². The highest BCUT2D eigenvalue weighted by Crippen LogP contribution is 2.22. The third kappa shape index (κ3) is 3.97. The van der Waals surface area contributed by atoms with Crippen LogP contribution in [0.2, 0.25) is 0 Å². The van der Waals surface area contributed by atoms with E-state index in [0.29, 0.717) is 0 Å². The van der Waals surface area contributed by atoms with E-state index in [1.165, 1.54) is 45.1 Å². The van der Waals surface area contributed by atoms with Gasteiger partial charge in [-0.2, -0.15) is 5.10 Å². The van der Waals surface area contributed by atoms with Gasteiger partial charge in [0, 0.05) is 18.9 Å². The second-order valence-corrected chi connectivity index (χ2v) is 4.83. The van der Waals surface area contributed by atoms with E-state index >= 15 is 0 Å². The van der Waals surface area contributed by atoms with Crippen LogP contribution in [0.3, 0.4) is 0 Å². The van der Waals surface area contributed by atoms with E-state index in [1.807, 2.05) is 23.1 Å². The van der Waals surface area contributed by atoms with Gasteiger partial charge in [0.15, 0.2) is 0 Å². The van der Waals surface area contributed by atoms with Gasteiger partial charge in [-0.15, -0.1) is 0 Å². The predicted molar refractivity (Wildman–Crippen MR) is 66.3 cm³/mol. The first-order chi connectivity index (χ1) is 7.95. The van der Waals surface area contributed by atoms with Crippen LogP contribution in [-0.2, 0) is 6.54 Å². The minimum atomic E-state index is 0.943. The molecule has 1 aliphatic carbocycles. The van der Waals surface area contributed by atoms with Gasteiger partial charge >= 0.3 is 0 Å². The predicted octanol–water partition coefficient (Wildman–Crippen LogP) is 2.44. The molecule has 0 radical (unpaired) electrons. The molecule has 1 heterocycles. The number of aryl methyl sites for hydroxylation is 1. The summed E-state index contributed by atoms with van der Waals surface area (Å²) in [6, 6.07) is 1.98. The van der Waals surface area contributed by atoms with Crippen molar-refractivity contribution < 1.29 is 0 Å². The Morgan fingerprint density at radius 3 is 2.88 bits per heavy atom. The Morgan fingerprint density at radius 1 is 1.25 bits per heavy atom. The van der Waals surface area contributed by atoms with Crippen molar-refractivity contribution in [1.29, 1.82) is 0 Å². The highest BCUT2D eigenvalue weighted by molar-refractivity contribution is 4.77. The van der Waals surface area contributed by atoms with Crippen molar-refractivity contribution in [3.8, 4) is 0 Å². The van der Waals surface area contributed by atoms with E-state index in [1.54, 1.807) is 0 Å². The van der Waals surface area contributed by atoms with Gasteiger partial charge < -0.3 is 5.32 Å². The molecule has 1 aromatic rings. The van der Waals surface area contributed by atoms with E-state index in [4.69, 9.17) is 0 Å². The average Bonchev–Trinajstić information content (AvgIpc) is 2.83. The lowest BCUT2D eigenvalue weighted by Gasteiger charge is -2.21. The Kier molecular flexibility index (Phi) is 4.87. The summed E-state index contributed by atoms with van der Waals surface area (Å²) in [6.07, 6.45) is 12.3. The molecule has 0 aromatic carbocycles. The molecule has 1 aliphatic rings. The van der Waals surface area contributed by atoms with E-state index in [2.05, 4.69) is 10.4 Å². The van der Waals surface area contributed by atoms with Crippen LogP contribution in [0.15, 0.2) is 18.5 Å². The van der Waals surface area contributed by atoms with Crippen LogP contribution in [-0.4, -0.2) is 22.9 Å². The molecular formula is C13H23N3. The quantitative estimate of drug-likeness (QED) is 0.748. The summed E-state index contributed by atoms with van der Waals surface area (Å²) in [5, 5.41) is 7.77. The van der Waals surface area contributed by atoms with Crippen molar-refractivity contribution in [3.63, 3.8) is 0 Å². The molecule has 0 saturated heterocycles. The van der Waals surface area contributed by atoms with Crippen LogP contribution in [0, 0.1) is 5.92 Å². The Balaban J connectivity index is 1.48. The zero-order chi connectivity index (χ0) is 11.1. The molecule has 1 saturated carbocycles. The van der Waals surface area contributed by atoms with Crippen LogP contribution in [0.4, 0.5) is 0 Å². The highest BCUT2D eigenvalue weighted by atomic mass is 15.3. The summed E-state index contributed by atoms with van der Waals surface area (Å²) in [4.78, 5) is 0. The molecule has 1 aromatic heterocycles. The van der Waals surface area contributed by atoms with Gasteiger partial charge in [-0.25, -0.2) is 0 Å². The van der Waals surface area contributed by atoms with Gasteiger partial charge in [-0.3, -0.25) is 4.68 Å². The number of nitrogens with one attached hydrogen (secondary N) is 1. The first kappa shape index (κ1) is 11.6. The first-order valence-electron chi connectivity index (χ1n) is 6.63. The van der Waals surface area contributed by atoms with Gasteiger partial charge in [-0.1, -0.05) is 19.3 Å². The maximum Gasteiger partial charge on any atom is 0.0489 e. The molecule has 0 bridgehead atoms. The topological polar surface area (TPSA) is 29.9 Å². The molecule has 90 valence electrons. The first-order valence-corrected chi connectivity index (χ1v) is 6.63. The van der Waals surface area contributed by atoms with Crippen LogP contribution in [0.5, 0.6) is 0 Å². The molecule has 0 amide bonds. The average molecular weight is 221 g/mol. The van der Waals surface area contributed by atoms with Gasteiger partial charge in [0.1, 0.15) is 0 Å². The monoisotopic (exact) mass is 221 g/mol. The standard InChI is InChI=1S/C13H23N3/c1-2-6-13(7-3-1)12-14-8-4-10-16-11-5-9-15-16/h5,9,11,13-14H,1-4,6-8,10,12H2. The number of nitrogens with zero attached hydrogens (tertiary/aromatic N) is 2. The van der Waals surface area contributed by atoms with E-state index in [9.17, 15) is 0 Å². The van der Waals surface area contributed by atoms with E-state index in [-0.39, 0.29) is 0 Å². The lowest BCUT2D eigenvalue weighted by atomic mass is 9.89. The normalized spacial score (nSPS) is 17.8. The smallest absolute Gasteiger partial charge is 0.0489 e. The van der Waals surface area contributed by atoms with Crippen molar-refractivity contribution in [2.45, 2.75) is 45.1 Å². The third-order valence-electron chi connectivity index (χ3n) is 3.46. The van der Waals surface area contributed by atoms with Crippen LogP contribution < -0.4 is 5.32 Å². The third-order valence-corrected chi connectivity index (χ3v) is 3.46. The Morgan fingerprint density at radius 2 is 2.12 bits per heavy atom. The van der Waals surface area contributed by atoms with E-state index in [0.717, 1.165) is 19.0 Å². The molecule has 3 nitrogen and oxygen atoms in total. The molecule has 0 spiro atoms. The minimum Gasteiger partial charge on any atom is -0.316 e. The Bertz CT molecular complexity index is 263. The molecule has 3 heteroatoms. The maximum atomic E-state index is 4.19. The second-order valence-electron chi connectivity index (χ2n) is 4.83. The molecule has 0 aliphatic heterocycles. The Hall–Kier alpha value is -0.830. The fourth-order valence-electron chi connectivity index (χ4n) is 2.50. The van der Waals surface area contributed by atoms with Gasteiger partial charge in [-0.05, 0) is 44.3 Å². The fourth-order valence-corrected chi connectivity index (χ4v) is 2.50. The van der Waals surface area contributed by atoms with Crippen LogP contribution >= 0.6 is 0 Å². The summed E-state index contributed by atoms with van der Waals surface area (Å²) in [5.74, 6) is 0.943. The van der Waals surface area contributed by atoms with Crippen molar-refractivity contribution in [2.75, 3.05) is 13.1 Å². The van der Waals surface area contributed by atoms with Crippen molar-refractivity contribution in [3.05, 3.63) is 18.5 Å². The highest BCUT2D eigenvalue weighted by Gasteiger charge is 2.12. The molecule has 0 unspecified atom stereocenters. The maximum absolute atomic E-state index is 4.19. The molecule has 2 rings (SSSR count). The van der Waals surface area contributed by atoms with Gasteiger partial charge in [0.25, 0.3) is 0 Å². The number of rotatable bonds is 6.